The minimum Gasteiger partial charge on any atom is -0.481 e. The Hall–Kier alpha value is -2.37. The molecule has 6 heteroatoms. The fraction of sp³-hybridized carbons (Fsp3) is 0.471. The molecule has 1 aliphatic rings. The maximum absolute atomic E-state index is 12.0. The number of aliphatic carboxylic acids is 1. The van der Waals surface area contributed by atoms with Crippen LogP contribution in [0.3, 0.4) is 0 Å². The van der Waals surface area contributed by atoms with Crippen molar-refractivity contribution in [3.8, 4) is 0 Å². The molecule has 0 unspecified atom stereocenters. The summed E-state index contributed by atoms with van der Waals surface area (Å²) in [6, 6.07) is 5.26. The molecule has 1 fully saturated rings. The summed E-state index contributed by atoms with van der Waals surface area (Å²) in [6.45, 7) is 3.79. The Morgan fingerprint density at radius 3 is 2.52 bits per heavy atom. The predicted molar refractivity (Wildman–Crippen MR) is 85.2 cm³/mol. The van der Waals surface area contributed by atoms with Gasteiger partial charge in [0.15, 0.2) is 0 Å². The van der Waals surface area contributed by atoms with Gasteiger partial charge in [0.2, 0.25) is 5.91 Å². The second-order valence-corrected chi connectivity index (χ2v) is 6.09. The molecule has 1 aliphatic carbocycles. The second kappa shape index (κ2) is 7.26. The molecule has 0 heterocycles. The first-order valence-corrected chi connectivity index (χ1v) is 7.74. The van der Waals surface area contributed by atoms with Crippen LogP contribution in [0, 0.1) is 19.8 Å². The number of carboxylic acid groups (broad SMARTS) is 1. The third kappa shape index (κ3) is 4.55. The van der Waals surface area contributed by atoms with Crippen LogP contribution in [0.25, 0.3) is 0 Å². The molecule has 0 saturated heterocycles. The summed E-state index contributed by atoms with van der Waals surface area (Å²) in [5.41, 5.74) is 2.65. The quantitative estimate of drug-likeness (QED) is 0.765. The molecule has 3 N–H and O–H groups in total. The summed E-state index contributed by atoms with van der Waals surface area (Å²) >= 11 is 0. The molecule has 2 rings (SSSR count). The zero-order valence-corrected chi connectivity index (χ0v) is 13.4. The zero-order chi connectivity index (χ0) is 17.0. The molecule has 0 aliphatic heterocycles. The second-order valence-electron chi connectivity index (χ2n) is 6.09. The van der Waals surface area contributed by atoms with E-state index in [0.717, 1.165) is 11.1 Å². The highest BCUT2D eigenvalue weighted by atomic mass is 16.4. The summed E-state index contributed by atoms with van der Waals surface area (Å²) in [6.07, 6.45) is 1.69. The lowest BCUT2D eigenvalue weighted by molar-refractivity contribution is -0.141. The number of benzene rings is 1. The number of nitrogens with one attached hydrogen (secondary N) is 2. The van der Waals surface area contributed by atoms with Crippen LogP contribution in [-0.2, 0) is 9.59 Å². The number of hydrogen-bond donors (Lipinski definition) is 3. The van der Waals surface area contributed by atoms with Gasteiger partial charge >= 0.3 is 5.97 Å². The summed E-state index contributed by atoms with van der Waals surface area (Å²) in [7, 11) is 0. The zero-order valence-electron chi connectivity index (χ0n) is 13.4. The Morgan fingerprint density at radius 2 is 1.91 bits per heavy atom. The van der Waals surface area contributed by atoms with Crippen LogP contribution in [0.15, 0.2) is 18.2 Å². The molecular formula is C17H22N2O4. The number of amides is 2. The van der Waals surface area contributed by atoms with E-state index in [4.69, 9.17) is 5.11 Å². The minimum absolute atomic E-state index is 0.111. The van der Waals surface area contributed by atoms with Gasteiger partial charge in [0, 0.05) is 11.6 Å². The standard InChI is InChI=1S/C17H22N2O4/c1-10-3-4-12(7-11(10)2)16(21)18-9-15(20)19-14-6-5-13(8-14)17(22)23/h3-4,7,13-14H,5-6,8-9H2,1-2H3,(H,18,21)(H,19,20)(H,22,23)/t13-,14+/m1/s1. The van der Waals surface area contributed by atoms with Gasteiger partial charge < -0.3 is 15.7 Å². The molecule has 124 valence electrons. The molecule has 1 aromatic carbocycles. The van der Waals surface area contributed by atoms with Gasteiger partial charge in [-0.25, -0.2) is 0 Å². The van der Waals surface area contributed by atoms with Crippen LogP contribution in [0.1, 0.15) is 40.7 Å². The average Bonchev–Trinajstić information content (AvgIpc) is 2.96. The van der Waals surface area contributed by atoms with Crippen LogP contribution in [0.2, 0.25) is 0 Å². The lowest BCUT2D eigenvalue weighted by atomic mass is 10.1. The van der Waals surface area contributed by atoms with E-state index in [2.05, 4.69) is 10.6 Å². The normalized spacial score (nSPS) is 20.1. The number of carbonyl (C=O) groups excluding carboxylic acids is 2. The van der Waals surface area contributed by atoms with Gasteiger partial charge in [-0.2, -0.15) is 0 Å². The lowest BCUT2D eigenvalue weighted by Crippen LogP contribution is -2.41. The average molecular weight is 318 g/mol. The van der Waals surface area contributed by atoms with Gasteiger partial charge in [0.05, 0.1) is 12.5 Å². The van der Waals surface area contributed by atoms with E-state index in [-0.39, 0.29) is 30.3 Å². The Bertz CT molecular complexity index is 627. The van der Waals surface area contributed by atoms with Crippen LogP contribution < -0.4 is 10.6 Å². The van der Waals surface area contributed by atoms with Crippen molar-refractivity contribution in [2.24, 2.45) is 5.92 Å². The van der Waals surface area contributed by atoms with E-state index in [9.17, 15) is 14.4 Å². The molecule has 6 nitrogen and oxygen atoms in total. The van der Waals surface area contributed by atoms with Gasteiger partial charge in [0.1, 0.15) is 0 Å². The predicted octanol–water partition coefficient (Wildman–Crippen LogP) is 1.40. The molecule has 1 aromatic rings. The SMILES string of the molecule is Cc1ccc(C(=O)NCC(=O)N[C@H]2CC[C@@H](C(=O)O)C2)cc1C. The molecule has 1 saturated carbocycles. The van der Waals surface area contributed by atoms with Crippen molar-refractivity contribution in [2.75, 3.05) is 6.54 Å². The molecule has 23 heavy (non-hydrogen) atoms. The van der Waals surface area contributed by atoms with Crippen molar-refractivity contribution in [1.82, 2.24) is 10.6 Å². The number of rotatable bonds is 5. The van der Waals surface area contributed by atoms with Crippen LogP contribution in [0.5, 0.6) is 0 Å². The van der Waals surface area contributed by atoms with Gasteiger partial charge in [-0.3, -0.25) is 14.4 Å². The van der Waals surface area contributed by atoms with Gasteiger partial charge in [-0.05, 0) is 56.4 Å². The maximum Gasteiger partial charge on any atom is 0.306 e. The fourth-order valence-electron chi connectivity index (χ4n) is 2.76. The first-order chi connectivity index (χ1) is 10.9. The highest BCUT2D eigenvalue weighted by molar-refractivity contribution is 5.96. The van der Waals surface area contributed by atoms with Crippen molar-refractivity contribution >= 4 is 17.8 Å². The molecule has 0 aromatic heterocycles. The molecule has 0 radical (unpaired) electrons. The largest absolute Gasteiger partial charge is 0.481 e. The van der Waals surface area contributed by atoms with Crippen molar-refractivity contribution in [1.29, 1.82) is 0 Å². The number of aryl methyl sites for hydroxylation is 2. The first-order valence-electron chi connectivity index (χ1n) is 7.74. The topological polar surface area (TPSA) is 95.5 Å². The summed E-state index contributed by atoms with van der Waals surface area (Å²) in [5.74, 6) is -1.79. The monoisotopic (exact) mass is 318 g/mol. The molecule has 2 atom stereocenters. The van der Waals surface area contributed by atoms with Crippen molar-refractivity contribution in [3.63, 3.8) is 0 Å². The summed E-state index contributed by atoms with van der Waals surface area (Å²) < 4.78 is 0. The van der Waals surface area contributed by atoms with E-state index in [1.165, 1.54) is 0 Å². The van der Waals surface area contributed by atoms with Crippen molar-refractivity contribution < 1.29 is 19.5 Å². The van der Waals surface area contributed by atoms with Gasteiger partial charge in [-0.1, -0.05) is 6.07 Å². The van der Waals surface area contributed by atoms with Crippen LogP contribution in [-0.4, -0.2) is 35.5 Å². The maximum atomic E-state index is 12.0. The first kappa shape index (κ1) is 17.0. The third-order valence-electron chi connectivity index (χ3n) is 4.33. The molecule has 0 spiro atoms. The summed E-state index contributed by atoms with van der Waals surface area (Å²) in [4.78, 5) is 34.8. The third-order valence-corrected chi connectivity index (χ3v) is 4.33. The summed E-state index contributed by atoms with van der Waals surface area (Å²) in [5, 5.41) is 14.3. The van der Waals surface area contributed by atoms with Gasteiger partial charge in [-0.15, -0.1) is 0 Å². The lowest BCUT2D eigenvalue weighted by Gasteiger charge is -2.13. The van der Waals surface area contributed by atoms with Crippen molar-refractivity contribution in [3.05, 3.63) is 34.9 Å². The highest BCUT2D eigenvalue weighted by Gasteiger charge is 2.30. The Labute approximate surface area is 135 Å². The number of hydrogen-bond acceptors (Lipinski definition) is 3. The Kier molecular flexibility index (Phi) is 5.36. The van der Waals surface area contributed by atoms with Gasteiger partial charge in [0.25, 0.3) is 5.91 Å². The molecule has 2 amide bonds. The number of carboxylic acids is 1. The van der Waals surface area contributed by atoms with E-state index in [1.54, 1.807) is 12.1 Å². The van der Waals surface area contributed by atoms with E-state index >= 15 is 0 Å². The molecule has 0 bridgehead atoms. The smallest absolute Gasteiger partial charge is 0.306 e. The highest BCUT2D eigenvalue weighted by Crippen LogP contribution is 2.25. The fourth-order valence-corrected chi connectivity index (χ4v) is 2.76. The number of carbonyl (C=O) groups is 3. The van der Waals surface area contributed by atoms with E-state index < -0.39 is 5.97 Å². The molecular weight excluding hydrogens is 296 g/mol. The minimum atomic E-state index is -0.815. The van der Waals surface area contributed by atoms with Crippen molar-refractivity contribution in [2.45, 2.75) is 39.2 Å². The van der Waals surface area contributed by atoms with Crippen LogP contribution in [0.4, 0.5) is 0 Å². The van der Waals surface area contributed by atoms with Crippen LogP contribution >= 0.6 is 0 Å². The van der Waals surface area contributed by atoms with E-state index in [0.29, 0.717) is 24.8 Å². The Morgan fingerprint density at radius 1 is 1.17 bits per heavy atom. The van der Waals surface area contributed by atoms with E-state index in [1.807, 2.05) is 19.9 Å². The Balaban J connectivity index is 1.79.